The van der Waals surface area contributed by atoms with Crippen molar-refractivity contribution in [2.45, 2.75) is 19.5 Å². The van der Waals surface area contributed by atoms with Crippen LogP contribution in [0.15, 0.2) is 60.7 Å². The smallest absolute Gasteiger partial charge is 0.328 e. The zero-order valence-electron chi connectivity index (χ0n) is 14.8. The number of nitrogens with zero attached hydrogens (tertiary/aromatic N) is 2. The Hall–Kier alpha value is -2.17. The molecule has 1 fully saturated rings. The minimum Gasteiger partial charge on any atom is -0.465 e. The van der Waals surface area contributed by atoms with E-state index in [0.717, 1.165) is 38.3 Å². The number of carbonyl (C=O) groups excluding carboxylic acids is 1. The predicted molar refractivity (Wildman–Crippen MR) is 99.1 cm³/mol. The van der Waals surface area contributed by atoms with Crippen molar-refractivity contribution in [3.63, 3.8) is 0 Å². The molecule has 0 radical (unpaired) electrons. The Morgan fingerprint density at radius 2 is 1.56 bits per heavy atom. The molecule has 132 valence electrons. The monoisotopic (exact) mass is 338 g/mol. The highest BCUT2D eigenvalue weighted by Crippen LogP contribution is 2.24. The lowest BCUT2D eigenvalue weighted by atomic mass is 10.0. The molecule has 4 heteroatoms. The summed E-state index contributed by atoms with van der Waals surface area (Å²) in [4.78, 5) is 17.2. The summed E-state index contributed by atoms with van der Waals surface area (Å²) in [6, 6.07) is 20.2. The number of hydrogen-bond donors (Lipinski definition) is 0. The topological polar surface area (TPSA) is 32.8 Å². The van der Waals surface area contributed by atoms with Gasteiger partial charge >= 0.3 is 5.97 Å². The molecule has 1 atom stereocenters. The van der Waals surface area contributed by atoms with Crippen LogP contribution in [-0.2, 0) is 16.1 Å². The lowest BCUT2D eigenvalue weighted by Crippen LogP contribution is -2.49. The van der Waals surface area contributed by atoms with Crippen molar-refractivity contribution < 1.29 is 9.53 Å². The molecule has 0 spiro atoms. The van der Waals surface area contributed by atoms with Crippen LogP contribution in [0.3, 0.4) is 0 Å². The number of ether oxygens (including phenoxy) is 1. The highest BCUT2D eigenvalue weighted by Gasteiger charge is 2.31. The van der Waals surface area contributed by atoms with Crippen LogP contribution in [0.2, 0.25) is 0 Å². The van der Waals surface area contributed by atoms with Crippen LogP contribution < -0.4 is 0 Å². The van der Waals surface area contributed by atoms with E-state index in [2.05, 4.69) is 34.1 Å². The minimum absolute atomic E-state index is 0.148. The molecule has 4 nitrogen and oxygen atoms in total. The first-order chi connectivity index (χ1) is 12.3. The van der Waals surface area contributed by atoms with Crippen LogP contribution in [0.1, 0.15) is 24.1 Å². The van der Waals surface area contributed by atoms with Crippen molar-refractivity contribution in [2.75, 3.05) is 32.8 Å². The van der Waals surface area contributed by atoms with Gasteiger partial charge in [0.15, 0.2) is 0 Å². The van der Waals surface area contributed by atoms with Gasteiger partial charge < -0.3 is 4.74 Å². The molecular formula is C21H26N2O2. The summed E-state index contributed by atoms with van der Waals surface area (Å²) < 4.78 is 5.34. The average Bonchev–Trinajstić information content (AvgIpc) is 2.65. The van der Waals surface area contributed by atoms with Crippen LogP contribution in [0.25, 0.3) is 0 Å². The van der Waals surface area contributed by atoms with Gasteiger partial charge in [0.05, 0.1) is 6.61 Å². The largest absolute Gasteiger partial charge is 0.465 e. The Balaban J connectivity index is 1.64. The number of benzene rings is 2. The van der Waals surface area contributed by atoms with Gasteiger partial charge in [-0.1, -0.05) is 60.7 Å². The number of esters is 1. The number of carbonyl (C=O) groups is 1. The minimum atomic E-state index is -0.306. The van der Waals surface area contributed by atoms with Crippen molar-refractivity contribution in [1.82, 2.24) is 9.80 Å². The van der Waals surface area contributed by atoms with E-state index in [0.29, 0.717) is 6.61 Å². The highest BCUT2D eigenvalue weighted by atomic mass is 16.5. The molecule has 1 aliphatic heterocycles. The molecule has 2 aromatic rings. The fourth-order valence-corrected chi connectivity index (χ4v) is 3.37. The standard InChI is InChI=1S/C21H26N2O2/c1-2-25-21(24)20(19-11-7-4-8-12-19)23-15-13-22(14-16-23)17-18-9-5-3-6-10-18/h3-12,20H,2,13-17H2,1H3. The molecule has 0 aliphatic carbocycles. The molecule has 2 aromatic carbocycles. The summed E-state index contributed by atoms with van der Waals surface area (Å²) in [7, 11) is 0. The number of hydrogen-bond acceptors (Lipinski definition) is 4. The van der Waals surface area contributed by atoms with Crippen molar-refractivity contribution in [1.29, 1.82) is 0 Å². The summed E-state index contributed by atoms with van der Waals surface area (Å²) in [5.74, 6) is -0.148. The van der Waals surface area contributed by atoms with E-state index in [9.17, 15) is 4.79 Å². The lowest BCUT2D eigenvalue weighted by Gasteiger charge is -2.38. The Bertz CT molecular complexity index is 652. The Morgan fingerprint density at radius 3 is 2.16 bits per heavy atom. The molecule has 1 unspecified atom stereocenters. The van der Waals surface area contributed by atoms with Crippen molar-refractivity contribution >= 4 is 5.97 Å². The fraction of sp³-hybridized carbons (Fsp3) is 0.381. The fourth-order valence-electron chi connectivity index (χ4n) is 3.37. The van der Waals surface area contributed by atoms with Gasteiger partial charge in [0, 0.05) is 32.7 Å². The molecule has 3 rings (SSSR count). The maximum absolute atomic E-state index is 12.5. The maximum Gasteiger partial charge on any atom is 0.328 e. The SMILES string of the molecule is CCOC(=O)C(c1ccccc1)N1CCN(Cc2ccccc2)CC1. The van der Waals surface area contributed by atoms with Crippen LogP contribution in [0.5, 0.6) is 0 Å². The summed E-state index contributed by atoms with van der Waals surface area (Å²) in [6.07, 6.45) is 0. The van der Waals surface area contributed by atoms with Crippen LogP contribution in [0, 0.1) is 0 Å². The van der Waals surface area contributed by atoms with E-state index in [-0.39, 0.29) is 12.0 Å². The first kappa shape index (κ1) is 17.6. The predicted octanol–water partition coefficient (Wildman–Crippen LogP) is 3.11. The molecule has 25 heavy (non-hydrogen) atoms. The van der Waals surface area contributed by atoms with E-state index in [4.69, 9.17) is 4.74 Å². The zero-order chi connectivity index (χ0) is 17.5. The molecule has 0 N–H and O–H groups in total. The normalized spacial score (nSPS) is 17.2. The molecule has 0 amide bonds. The van der Waals surface area contributed by atoms with E-state index < -0.39 is 0 Å². The van der Waals surface area contributed by atoms with Gasteiger partial charge in [0.25, 0.3) is 0 Å². The first-order valence-electron chi connectivity index (χ1n) is 9.00. The molecule has 0 bridgehead atoms. The van der Waals surface area contributed by atoms with E-state index in [1.54, 1.807) is 0 Å². The third-order valence-electron chi connectivity index (χ3n) is 4.65. The Morgan fingerprint density at radius 1 is 0.960 bits per heavy atom. The second kappa shape index (κ2) is 8.79. The molecular weight excluding hydrogens is 312 g/mol. The van der Waals surface area contributed by atoms with Crippen molar-refractivity contribution in [3.8, 4) is 0 Å². The Labute approximate surface area is 150 Å². The van der Waals surface area contributed by atoms with Gasteiger partial charge in [-0.25, -0.2) is 4.79 Å². The molecule has 1 aliphatic rings. The molecule has 1 heterocycles. The molecule has 0 saturated carbocycles. The first-order valence-corrected chi connectivity index (χ1v) is 9.00. The summed E-state index contributed by atoms with van der Waals surface area (Å²) in [5.41, 5.74) is 2.35. The summed E-state index contributed by atoms with van der Waals surface area (Å²) in [6.45, 7) is 6.88. The van der Waals surface area contributed by atoms with Crippen molar-refractivity contribution in [2.24, 2.45) is 0 Å². The van der Waals surface area contributed by atoms with Gasteiger partial charge in [-0.15, -0.1) is 0 Å². The molecule has 1 saturated heterocycles. The quantitative estimate of drug-likeness (QED) is 0.758. The van der Waals surface area contributed by atoms with Gasteiger partial charge in [-0.3, -0.25) is 9.80 Å². The zero-order valence-corrected chi connectivity index (χ0v) is 14.8. The van der Waals surface area contributed by atoms with Gasteiger partial charge in [-0.2, -0.15) is 0 Å². The van der Waals surface area contributed by atoms with Crippen LogP contribution >= 0.6 is 0 Å². The van der Waals surface area contributed by atoms with Gasteiger partial charge in [-0.05, 0) is 18.1 Å². The van der Waals surface area contributed by atoms with Crippen LogP contribution in [0.4, 0.5) is 0 Å². The second-order valence-corrected chi connectivity index (χ2v) is 6.36. The maximum atomic E-state index is 12.5. The van der Waals surface area contributed by atoms with E-state index in [1.165, 1.54) is 5.56 Å². The van der Waals surface area contributed by atoms with E-state index in [1.807, 2.05) is 43.3 Å². The lowest BCUT2D eigenvalue weighted by molar-refractivity contribution is -0.150. The van der Waals surface area contributed by atoms with Gasteiger partial charge in [0.1, 0.15) is 6.04 Å². The highest BCUT2D eigenvalue weighted by molar-refractivity contribution is 5.77. The summed E-state index contributed by atoms with van der Waals surface area (Å²) >= 11 is 0. The second-order valence-electron chi connectivity index (χ2n) is 6.36. The third-order valence-corrected chi connectivity index (χ3v) is 4.65. The number of rotatable bonds is 6. The average molecular weight is 338 g/mol. The van der Waals surface area contributed by atoms with Crippen molar-refractivity contribution in [3.05, 3.63) is 71.8 Å². The summed E-state index contributed by atoms with van der Waals surface area (Å²) in [5, 5.41) is 0. The Kier molecular flexibility index (Phi) is 6.20. The number of piperazine rings is 1. The van der Waals surface area contributed by atoms with E-state index >= 15 is 0 Å². The third kappa shape index (κ3) is 4.68. The van der Waals surface area contributed by atoms with Gasteiger partial charge in [0.2, 0.25) is 0 Å². The molecule has 0 aromatic heterocycles. The van der Waals surface area contributed by atoms with Crippen LogP contribution in [-0.4, -0.2) is 48.6 Å².